The standard InChI is InChI=1S/C23H27Cl2N3O2/c1-16-8-10-28(11-9-16)15-18-5-3-2-4-17(18)13-26-22(29)14-27-23(30)20-7-6-19(24)12-21(20)25/h2-7,12,16H,8-11,13-15H2,1H3,(H,26,29)(H,27,30). The van der Waals surface area contributed by atoms with Gasteiger partial charge in [0.05, 0.1) is 17.1 Å². The Morgan fingerprint density at radius 3 is 2.43 bits per heavy atom. The molecule has 0 bridgehead atoms. The van der Waals surface area contributed by atoms with Gasteiger partial charge in [-0.15, -0.1) is 0 Å². The monoisotopic (exact) mass is 447 g/mol. The fourth-order valence-electron chi connectivity index (χ4n) is 3.53. The number of halogens is 2. The summed E-state index contributed by atoms with van der Waals surface area (Å²) < 4.78 is 0. The van der Waals surface area contributed by atoms with Gasteiger partial charge in [0.25, 0.3) is 5.91 Å². The van der Waals surface area contributed by atoms with E-state index < -0.39 is 5.91 Å². The van der Waals surface area contributed by atoms with Crippen molar-refractivity contribution in [3.63, 3.8) is 0 Å². The summed E-state index contributed by atoms with van der Waals surface area (Å²) >= 11 is 11.9. The molecule has 2 N–H and O–H groups in total. The van der Waals surface area contributed by atoms with E-state index in [1.165, 1.54) is 30.5 Å². The molecule has 0 radical (unpaired) electrons. The number of hydrogen-bond acceptors (Lipinski definition) is 3. The van der Waals surface area contributed by atoms with Crippen LogP contribution in [0.2, 0.25) is 10.0 Å². The Labute approximate surface area is 187 Å². The van der Waals surface area contributed by atoms with Crippen LogP contribution in [0.5, 0.6) is 0 Å². The molecule has 160 valence electrons. The molecule has 0 aliphatic carbocycles. The van der Waals surface area contributed by atoms with E-state index in [2.05, 4.69) is 28.5 Å². The van der Waals surface area contributed by atoms with E-state index in [4.69, 9.17) is 23.2 Å². The third-order valence-corrected chi connectivity index (χ3v) is 6.00. The summed E-state index contributed by atoms with van der Waals surface area (Å²) in [5.41, 5.74) is 2.61. The van der Waals surface area contributed by atoms with Crippen LogP contribution in [-0.4, -0.2) is 36.3 Å². The molecule has 2 amide bonds. The van der Waals surface area contributed by atoms with E-state index in [0.29, 0.717) is 11.6 Å². The number of nitrogens with zero attached hydrogens (tertiary/aromatic N) is 1. The number of rotatable bonds is 7. The van der Waals surface area contributed by atoms with Crippen LogP contribution in [0.4, 0.5) is 0 Å². The van der Waals surface area contributed by atoms with Crippen molar-refractivity contribution < 1.29 is 9.59 Å². The number of likely N-dealkylation sites (tertiary alicyclic amines) is 1. The normalized spacial score (nSPS) is 15.0. The van der Waals surface area contributed by atoms with Gasteiger partial charge in [0.1, 0.15) is 0 Å². The molecular weight excluding hydrogens is 421 g/mol. The fourth-order valence-corrected chi connectivity index (χ4v) is 4.03. The molecule has 2 aromatic rings. The van der Waals surface area contributed by atoms with E-state index in [9.17, 15) is 9.59 Å². The van der Waals surface area contributed by atoms with Gasteiger partial charge in [-0.1, -0.05) is 54.4 Å². The summed E-state index contributed by atoms with van der Waals surface area (Å²) in [6.45, 7) is 5.73. The van der Waals surface area contributed by atoms with Crippen molar-refractivity contribution in [1.29, 1.82) is 0 Å². The highest BCUT2D eigenvalue weighted by atomic mass is 35.5. The number of carbonyl (C=O) groups excluding carboxylic acids is 2. The van der Waals surface area contributed by atoms with Crippen molar-refractivity contribution in [3.05, 3.63) is 69.2 Å². The van der Waals surface area contributed by atoms with E-state index in [-0.39, 0.29) is 23.0 Å². The van der Waals surface area contributed by atoms with Gasteiger partial charge in [-0.25, -0.2) is 0 Å². The lowest BCUT2D eigenvalue weighted by molar-refractivity contribution is -0.120. The Morgan fingerprint density at radius 1 is 1.03 bits per heavy atom. The predicted molar refractivity (Wildman–Crippen MR) is 121 cm³/mol. The van der Waals surface area contributed by atoms with Crippen LogP contribution in [0.1, 0.15) is 41.3 Å². The topological polar surface area (TPSA) is 61.4 Å². The quantitative estimate of drug-likeness (QED) is 0.665. The van der Waals surface area contributed by atoms with E-state index in [0.717, 1.165) is 31.1 Å². The third kappa shape index (κ3) is 6.46. The molecule has 1 saturated heterocycles. The molecule has 0 aromatic heterocycles. The van der Waals surface area contributed by atoms with Crippen LogP contribution in [0.15, 0.2) is 42.5 Å². The Hall–Kier alpha value is -2.08. The van der Waals surface area contributed by atoms with E-state index in [1.54, 1.807) is 6.07 Å². The summed E-state index contributed by atoms with van der Waals surface area (Å²) in [6.07, 6.45) is 2.46. The minimum absolute atomic E-state index is 0.121. The first-order chi connectivity index (χ1) is 14.4. The van der Waals surface area contributed by atoms with Crippen molar-refractivity contribution in [1.82, 2.24) is 15.5 Å². The summed E-state index contributed by atoms with van der Waals surface area (Å²) in [7, 11) is 0. The van der Waals surface area contributed by atoms with Crippen LogP contribution in [-0.2, 0) is 17.9 Å². The van der Waals surface area contributed by atoms with Crippen molar-refractivity contribution in [2.45, 2.75) is 32.9 Å². The van der Waals surface area contributed by atoms with Gasteiger partial charge >= 0.3 is 0 Å². The van der Waals surface area contributed by atoms with Gasteiger partial charge in [0, 0.05) is 18.1 Å². The van der Waals surface area contributed by atoms with Crippen LogP contribution in [0.25, 0.3) is 0 Å². The molecule has 1 heterocycles. The van der Waals surface area contributed by atoms with Crippen LogP contribution >= 0.6 is 23.2 Å². The van der Waals surface area contributed by atoms with Crippen molar-refractivity contribution in [3.8, 4) is 0 Å². The largest absolute Gasteiger partial charge is 0.350 e. The molecule has 1 fully saturated rings. The summed E-state index contributed by atoms with van der Waals surface area (Å²) in [6, 6.07) is 12.8. The Bertz CT molecular complexity index is 896. The number of carbonyl (C=O) groups is 2. The number of nitrogens with one attached hydrogen (secondary N) is 2. The van der Waals surface area contributed by atoms with Crippen molar-refractivity contribution >= 4 is 35.0 Å². The predicted octanol–water partition coefficient (Wildman–Crippen LogP) is 4.27. The van der Waals surface area contributed by atoms with Gasteiger partial charge in [-0.05, 0) is 61.2 Å². The van der Waals surface area contributed by atoms with Gasteiger partial charge in [-0.2, -0.15) is 0 Å². The van der Waals surface area contributed by atoms with Crippen LogP contribution in [0, 0.1) is 5.92 Å². The zero-order valence-electron chi connectivity index (χ0n) is 17.1. The third-order valence-electron chi connectivity index (χ3n) is 5.45. The maximum atomic E-state index is 12.2. The summed E-state index contributed by atoms with van der Waals surface area (Å²) in [5, 5.41) is 6.18. The molecule has 7 heteroatoms. The van der Waals surface area contributed by atoms with Crippen LogP contribution in [0.3, 0.4) is 0 Å². The van der Waals surface area contributed by atoms with Gasteiger partial charge in [-0.3, -0.25) is 14.5 Å². The molecule has 1 aliphatic rings. The average molecular weight is 448 g/mol. The SMILES string of the molecule is CC1CCN(Cc2ccccc2CNC(=O)CNC(=O)c2ccc(Cl)cc2Cl)CC1. The van der Waals surface area contributed by atoms with E-state index in [1.807, 2.05) is 18.2 Å². The highest BCUT2D eigenvalue weighted by Crippen LogP contribution is 2.21. The molecule has 5 nitrogen and oxygen atoms in total. The molecule has 0 atom stereocenters. The maximum Gasteiger partial charge on any atom is 0.253 e. The number of hydrogen-bond donors (Lipinski definition) is 2. The second-order valence-corrected chi connectivity index (χ2v) is 8.65. The van der Waals surface area contributed by atoms with E-state index >= 15 is 0 Å². The van der Waals surface area contributed by atoms with Gasteiger partial charge < -0.3 is 10.6 Å². The van der Waals surface area contributed by atoms with Crippen molar-refractivity contribution in [2.75, 3.05) is 19.6 Å². The van der Waals surface area contributed by atoms with Crippen LogP contribution < -0.4 is 10.6 Å². The minimum atomic E-state index is -0.411. The van der Waals surface area contributed by atoms with Gasteiger partial charge in [0.2, 0.25) is 5.91 Å². The zero-order chi connectivity index (χ0) is 21.5. The molecule has 30 heavy (non-hydrogen) atoms. The first-order valence-electron chi connectivity index (χ1n) is 10.2. The molecular formula is C23H27Cl2N3O2. The highest BCUT2D eigenvalue weighted by molar-refractivity contribution is 6.36. The molecule has 0 unspecified atom stereocenters. The molecule has 0 saturated carbocycles. The Morgan fingerprint density at radius 2 is 1.73 bits per heavy atom. The number of amides is 2. The van der Waals surface area contributed by atoms with Crippen molar-refractivity contribution in [2.24, 2.45) is 5.92 Å². The summed E-state index contributed by atoms with van der Waals surface area (Å²) in [5.74, 6) is 0.135. The Balaban J connectivity index is 1.49. The smallest absolute Gasteiger partial charge is 0.253 e. The molecule has 1 aliphatic heterocycles. The second kappa shape index (κ2) is 10.8. The lowest BCUT2D eigenvalue weighted by atomic mass is 9.98. The average Bonchev–Trinajstić information content (AvgIpc) is 2.73. The molecule has 3 rings (SSSR count). The minimum Gasteiger partial charge on any atom is -0.350 e. The highest BCUT2D eigenvalue weighted by Gasteiger charge is 2.17. The summed E-state index contributed by atoms with van der Waals surface area (Å²) in [4.78, 5) is 26.9. The Kier molecular flexibility index (Phi) is 8.14. The molecule has 2 aromatic carbocycles. The molecule has 0 spiro atoms. The first kappa shape index (κ1) is 22.6. The lowest BCUT2D eigenvalue weighted by Crippen LogP contribution is -2.37. The zero-order valence-corrected chi connectivity index (χ0v) is 18.6. The second-order valence-electron chi connectivity index (χ2n) is 7.81. The first-order valence-corrected chi connectivity index (χ1v) is 11.0. The fraction of sp³-hybridized carbons (Fsp3) is 0.391. The lowest BCUT2D eigenvalue weighted by Gasteiger charge is -2.30. The van der Waals surface area contributed by atoms with Gasteiger partial charge in [0.15, 0.2) is 0 Å². The maximum absolute atomic E-state index is 12.2. The number of piperidine rings is 1. The number of benzene rings is 2.